The summed E-state index contributed by atoms with van der Waals surface area (Å²) in [7, 11) is 0. The summed E-state index contributed by atoms with van der Waals surface area (Å²) in [5.74, 6) is -0.840. The highest BCUT2D eigenvalue weighted by Crippen LogP contribution is 2.19. The number of esters is 3. The van der Waals surface area contributed by atoms with Crippen LogP contribution in [0.5, 0.6) is 0 Å². The van der Waals surface area contributed by atoms with E-state index in [9.17, 15) is 14.4 Å². The van der Waals surface area contributed by atoms with Gasteiger partial charge in [-0.25, -0.2) is 0 Å². The second-order valence-electron chi connectivity index (χ2n) is 23.8. The molecule has 450 valence electrons. The lowest BCUT2D eigenvalue weighted by molar-refractivity contribution is -0.167. The summed E-state index contributed by atoms with van der Waals surface area (Å²) in [6.45, 7) is 6.69. The van der Waals surface area contributed by atoms with Crippen LogP contribution in [0.2, 0.25) is 0 Å². The van der Waals surface area contributed by atoms with Crippen molar-refractivity contribution in [2.45, 2.75) is 406 Å². The van der Waals surface area contributed by atoms with E-state index in [4.69, 9.17) is 14.2 Å². The monoisotopic (exact) mass is 1070 g/mol. The van der Waals surface area contributed by atoms with Crippen molar-refractivity contribution in [3.63, 3.8) is 0 Å². The van der Waals surface area contributed by atoms with Crippen molar-refractivity contribution < 1.29 is 28.6 Å². The zero-order chi connectivity index (χ0) is 55.0. The number of hydrogen-bond donors (Lipinski definition) is 0. The third kappa shape index (κ3) is 63.0. The molecule has 0 saturated carbocycles. The largest absolute Gasteiger partial charge is 0.462 e. The quantitative estimate of drug-likeness (QED) is 0.0261. The molecule has 0 spiro atoms. The number of carbonyl (C=O) groups is 3. The second-order valence-corrected chi connectivity index (χ2v) is 23.8. The standard InChI is InChI=1S/C70H134O6/c1-4-7-10-13-16-19-21-23-25-27-29-30-31-32-33-34-35-36-37-38-39-41-42-44-46-48-51-54-57-60-63-69(72)75-66-67(65-74-68(71)62-59-56-53-50-18-15-12-9-6-3)76-70(73)64-61-58-55-52-49-47-45-43-40-28-26-24-22-20-17-14-11-8-5-2/h24,26,67H,4-23,25,27-66H2,1-3H3/b26-24-. The van der Waals surface area contributed by atoms with Gasteiger partial charge in [0.2, 0.25) is 0 Å². The summed E-state index contributed by atoms with van der Waals surface area (Å²) in [4.78, 5) is 38.2. The van der Waals surface area contributed by atoms with E-state index >= 15 is 0 Å². The maximum Gasteiger partial charge on any atom is 0.306 e. The van der Waals surface area contributed by atoms with Crippen molar-refractivity contribution in [3.8, 4) is 0 Å². The van der Waals surface area contributed by atoms with Gasteiger partial charge >= 0.3 is 17.9 Å². The molecule has 0 rings (SSSR count). The Hall–Kier alpha value is -1.85. The van der Waals surface area contributed by atoms with Gasteiger partial charge in [-0.05, 0) is 44.9 Å². The zero-order valence-corrected chi connectivity index (χ0v) is 51.8. The first-order valence-corrected chi connectivity index (χ1v) is 34.7. The van der Waals surface area contributed by atoms with E-state index < -0.39 is 6.10 Å². The lowest BCUT2D eigenvalue weighted by atomic mass is 10.0. The van der Waals surface area contributed by atoms with Crippen LogP contribution in [0.1, 0.15) is 400 Å². The predicted octanol–water partition coefficient (Wildman–Crippen LogP) is 23.6. The Labute approximate surface area is 475 Å². The molecule has 0 aromatic carbocycles. The number of rotatable bonds is 65. The third-order valence-electron chi connectivity index (χ3n) is 16.0. The van der Waals surface area contributed by atoms with Crippen LogP contribution in [0.4, 0.5) is 0 Å². The van der Waals surface area contributed by atoms with E-state index in [0.717, 1.165) is 57.8 Å². The minimum atomic E-state index is -0.766. The van der Waals surface area contributed by atoms with Crippen LogP contribution in [0.25, 0.3) is 0 Å². The van der Waals surface area contributed by atoms with Gasteiger partial charge in [-0.2, -0.15) is 0 Å². The van der Waals surface area contributed by atoms with E-state index in [2.05, 4.69) is 32.9 Å². The lowest BCUT2D eigenvalue weighted by Gasteiger charge is -2.18. The van der Waals surface area contributed by atoms with Crippen LogP contribution < -0.4 is 0 Å². The maximum absolute atomic E-state index is 12.9. The molecule has 0 aromatic heterocycles. The predicted molar refractivity (Wildman–Crippen MR) is 330 cm³/mol. The highest BCUT2D eigenvalue weighted by atomic mass is 16.6. The average molecular weight is 1070 g/mol. The van der Waals surface area contributed by atoms with E-state index in [1.165, 1.54) is 302 Å². The molecule has 0 aliphatic rings. The van der Waals surface area contributed by atoms with Gasteiger partial charge in [0.05, 0.1) is 0 Å². The summed E-state index contributed by atoms with van der Waals surface area (Å²) in [6.07, 6.45) is 78.3. The van der Waals surface area contributed by atoms with Crippen LogP contribution >= 0.6 is 0 Å². The Morgan fingerprint density at radius 2 is 0.434 bits per heavy atom. The van der Waals surface area contributed by atoms with Gasteiger partial charge in [-0.1, -0.05) is 348 Å². The lowest BCUT2D eigenvalue weighted by Crippen LogP contribution is -2.30. The van der Waals surface area contributed by atoms with E-state index in [-0.39, 0.29) is 31.1 Å². The number of ether oxygens (including phenoxy) is 3. The number of unbranched alkanes of at least 4 members (excludes halogenated alkanes) is 52. The number of hydrogen-bond acceptors (Lipinski definition) is 6. The fraction of sp³-hybridized carbons (Fsp3) is 0.929. The van der Waals surface area contributed by atoms with Gasteiger partial charge in [0, 0.05) is 19.3 Å². The van der Waals surface area contributed by atoms with Gasteiger partial charge < -0.3 is 14.2 Å². The molecule has 1 unspecified atom stereocenters. The van der Waals surface area contributed by atoms with Crippen molar-refractivity contribution in [1.82, 2.24) is 0 Å². The van der Waals surface area contributed by atoms with E-state index in [0.29, 0.717) is 19.3 Å². The molecule has 76 heavy (non-hydrogen) atoms. The molecule has 0 amide bonds. The van der Waals surface area contributed by atoms with Crippen molar-refractivity contribution in [2.24, 2.45) is 0 Å². The summed E-state index contributed by atoms with van der Waals surface area (Å²) in [6, 6.07) is 0. The smallest absolute Gasteiger partial charge is 0.306 e. The molecule has 1 atom stereocenters. The molecule has 0 aromatic rings. The molecule has 0 aliphatic heterocycles. The van der Waals surface area contributed by atoms with Gasteiger partial charge in [-0.3, -0.25) is 14.4 Å². The zero-order valence-electron chi connectivity index (χ0n) is 51.8. The molecule has 6 nitrogen and oxygen atoms in total. The van der Waals surface area contributed by atoms with Gasteiger partial charge in [0.1, 0.15) is 13.2 Å². The molecule has 0 aliphatic carbocycles. The number of carbonyl (C=O) groups excluding carboxylic acids is 3. The van der Waals surface area contributed by atoms with Crippen LogP contribution in [0.15, 0.2) is 12.2 Å². The third-order valence-corrected chi connectivity index (χ3v) is 16.0. The minimum absolute atomic E-state index is 0.0645. The van der Waals surface area contributed by atoms with Crippen LogP contribution in [0, 0.1) is 0 Å². The molecule has 0 N–H and O–H groups in total. The van der Waals surface area contributed by atoms with Crippen LogP contribution in [-0.2, 0) is 28.6 Å². The highest BCUT2D eigenvalue weighted by Gasteiger charge is 2.19. The first-order chi connectivity index (χ1) is 37.5. The fourth-order valence-electron chi connectivity index (χ4n) is 10.8. The Balaban J connectivity index is 4.04. The molecule has 0 heterocycles. The van der Waals surface area contributed by atoms with Crippen LogP contribution in [-0.4, -0.2) is 37.2 Å². The normalized spacial score (nSPS) is 12.0. The Morgan fingerprint density at radius 3 is 0.658 bits per heavy atom. The topological polar surface area (TPSA) is 78.9 Å². The molecular weight excluding hydrogens is 937 g/mol. The molecule has 6 heteroatoms. The average Bonchev–Trinajstić information content (AvgIpc) is 3.42. The molecule has 0 radical (unpaired) electrons. The van der Waals surface area contributed by atoms with Crippen LogP contribution in [0.3, 0.4) is 0 Å². The van der Waals surface area contributed by atoms with Crippen molar-refractivity contribution >= 4 is 17.9 Å². The molecule has 0 saturated heterocycles. The van der Waals surface area contributed by atoms with Gasteiger partial charge in [-0.15, -0.1) is 0 Å². The highest BCUT2D eigenvalue weighted by molar-refractivity contribution is 5.71. The first-order valence-electron chi connectivity index (χ1n) is 34.7. The Kier molecular flexibility index (Phi) is 64.1. The first kappa shape index (κ1) is 74.2. The Bertz CT molecular complexity index is 1180. The number of allylic oxidation sites excluding steroid dienone is 2. The molecule has 0 fully saturated rings. The van der Waals surface area contributed by atoms with Crippen molar-refractivity contribution in [2.75, 3.05) is 13.2 Å². The molecular formula is C70H134O6. The van der Waals surface area contributed by atoms with Gasteiger partial charge in [0.15, 0.2) is 6.10 Å². The molecule has 0 bridgehead atoms. The van der Waals surface area contributed by atoms with Crippen molar-refractivity contribution in [1.29, 1.82) is 0 Å². The van der Waals surface area contributed by atoms with Gasteiger partial charge in [0.25, 0.3) is 0 Å². The summed E-state index contributed by atoms with van der Waals surface area (Å²) in [5, 5.41) is 0. The summed E-state index contributed by atoms with van der Waals surface area (Å²) >= 11 is 0. The fourth-order valence-corrected chi connectivity index (χ4v) is 10.8. The summed E-state index contributed by atoms with van der Waals surface area (Å²) in [5.41, 5.74) is 0. The minimum Gasteiger partial charge on any atom is -0.462 e. The van der Waals surface area contributed by atoms with E-state index in [1.807, 2.05) is 0 Å². The second kappa shape index (κ2) is 65.7. The van der Waals surface area contributed by atoms with E-state index in [1.54, 1.807) is 0 Å². The summed E-state index contributed by atoms with van der Waals surface area (Å²) < 4.78 is 16.9. The maximum atomic E-state index is 12.9. The SMILES string of the molecule is CCCCCCCC/C=C\CCCCCCCCCCCC(=O)OC(COC(=O)CCCCCCCCCCC)COC(=O)CCCCCCCCCCCCCCCCCCCCCCCCCCCCCCCC. The Morgan fingerprint density at radius 1 is 0.250 bits per heavy atom. The van der Waals surface area contributed by atoms with Crippen molar-refractivity contribution in [3.05, 3.63) is 12.2 Å².